The first-order chi connectivity index (χ1) is 4.97. The third-order valence-electron chi connectivity index (χ3n) is 2.12. The average Bonchev–Trinajstić information content (AvgIpc) is 2.05. The molecule has 0 bridgehead atoms. The van der Waals surface area contributed by atoms with E-state index in [1.54, 1.807) is 0 Å². The van der Waals surface area contributed by atoms with Crippen molar-refractivity contribution in [1.82, 2.24) is 4.90 Å². The van der Waals surface area contributed by atoms with Crippen molar-refractivity contribution < 1.29 is 4.74 Å². The number of hydrogen-bond acceptors (Lipinski definition) is 2. The van der Waals surface area contributed by atoms with E-state index < -0.39 is 0 Å². The minimum Gasteiger partial charge on any atom is -0.358 e. The van der Waals surface area contributed by atoms with Crippen LogP contribution >= 0.6 is 0 Å². The molecule has 2 aliphatic rings. The van der Waals surface area contributed by atoms with Crippen LogP contribution in [0, 0.1) is 0 Å². The molecule has 0 saturated carbocycles. The highest BCUT2D eigenvalue weighted by molar-refractivity contribution is 4.91. The van der Waals surface area contributed by atoms with Gasteiger partial charge in [-0.15, -0.1) is 0 Å². The van der Waals surface area contributed by atoms with Gasteiger partial charge in [0.25, 0.3) is 0 Å². The zero-order chi connectivity index (χ0) is 6.81. The minimum absolute atomic E-state index is 0.402. The summed E-state index contributed by atoms with van der Waals surface area (Å²) in [6.07, 6.45) is 8.34. The van der Waals surface area contributed by atoms with Crippen molar-refractivity contribution in [3.8, 4) is 0 Å². The van der Waals surface area contributed by atoms with Crippen molar-refractivity contribution in [3.05, 3.63) is 12.3 Å². The van der Waals surface area contributed by atoms with E-state index in [1.165, 1.54) is 25.8 Å². The summed E-state index contributed by atoms with van der Waals surface area (Å²) in [7, 11) is 0. The largest absolute Gasteiger partial charge is 0.358 e. The maximum atomic E-state index is 5.56. The minimum atomic E-state index is 0.402. The molecule has 1 fully saturated rings. The molecule has 2 aliphatic heterocycles. The van der Waals surface area contributed by atoms with E-state index in [9.17, 15) is 0 Å². The van der Waals surface area contributed by atoms with Crippen molar-refractivity contribution in [2.75, 3.05) is 13.2 Å². The van der Waals surface area contributed by atoms with Gasteiger partial charge in [0.2, 0.25) is 0 Å². The standard InChI is InChI=1S/C8H13NO/c1-2-5-9-6-3-7-10-8(9)4-1/h2,5,8H,1,3-4,6-7H2. The second-order valence-electron chi connectivity index (χ2n) is 2.88. The molecule has 2 heteroatoms. The molecule has 0 aliphatic carbocycles. The molecule has 56 valence electrons. The van der Waals surface area contributed by atoms with Gasteiger partial charge in [-0.3, -0.25) is 0 Å². The molecule has 0 radical (unpaired) electrons. The zero-order valence-electron chi connectivity index (χ0n) is 6.12. The Morgan fingerprint density at radius 1 is 1.50 bits per heavy atom. The molecule has 2 heterocycles. The van der Waals surface area contributed by atoms with Crippen molar-refractivity contribution in [3.63, 3.8) is 0 Å². The molecule has 10 heavy (non-hydrogen) atoms. The van der Waals surface area contributed by atoms with Crippen LogP contribution in [0.25, 0.3) is 0 Å². The predicted molar refractivity (Wildman–Crippen MR) is 39.4 cm³/mol. The van der Waals surface area contributed by atoms with Gasteiger partial charge < -0.3 is 9.64 Å². The van der Waals surface area contributed by atoms with E-state index in [0.29, 0.717) is 6.23 Å². The highest BCUT2D eigenvalue weighted by Gasteiger charge is 2.21. The second kappa shape index (κ2) is 2.62. The van der Waals surface area contributed by atoms with Crippen LogP contribution < -0.4 is 0 Å². The molecule has 1 atom stereocenters. The highest BCUT2D eigenvalue weighted by atomic mass is 16.5. The molecule has 1 unspecified atom stereocenters. The number of fused-ring (bicyclic) bond motifs is 1. The van der Waals surface area contributed by atoms with E-state index in [-0.39, 0.29) is 0 Å². The lowest BCUT2D eigenvalue weighted by molar-refractivity contribution is -0.0795. The molecule has 0 N–H and O–H groups in total. The summed E-state index contributed by atoms with van der Waals surface area (Å²) in [6.45, 7) is 2.14. The van der Waals surface area contributed by atoms with Crippen LogP contribution in [0.4, 0.5) is 0 Å². The van der Waals surface area contributed by atoms with Crippen LogP contribution in [-0.4, -0.2) is 24.3 Å². The normalized spacial score (nSPS) is 32.0. The van der Waals surface area contributed by atoms with Gasteiger partial charge in [-0.1, -0.05) is 6.08 Å². The summed E-state index contributed by atoms with van der Waals surface area (Å²) in [5, 5.41) is 0. The van der Waals surface area contributed by atoms with Gasteiger partial charge in [0.1, 0.15) is 6.23 Å². The molecular formula is C8H13NO. The van der Waals surface area contributed by atoms with Gasteiger partial charge in [-0.2, -0.15) is 0 Å². The van der Waals surface area contributed by atoms with Gasteiger partial charge in [0.05, 0.1) is 6.61 Å². The number of allylic oxidation sites excluding steroid dienone is 1. The lowest BCUT2D eigenvalue weighted by Gasteiger charge is -2.36. The Labute approximate surface area is 61.5 Å². The number of hydrogen-bond donors (Lipinski definition) is 0. The van der Waals surface area contributed by atoms with Gasteiger partial charge in [-0.05, 0) is 25.5 Å². The predicted octanol–water partition coefficient (Wildman–Crippen LogP) is 1.34. The Balaban J connectivity index is 2.03. The third kappa shape index (κ3) is 1.03. The summed E-state index contributed by atoms with van der Waals surface area (Å²) in [4.78, 5) is 2.30. The van der Waals surface area contributed by atoms with E-state index in [0.717, 1.165) is 6.61 Å². The first kappa shape index (κ1) is 6.23. The highest BCUT2D eigenvalue weighted by Crippen LogP contribution is 2.19. The Morgan fingerprint density at radius 2 is 2.50 bits per heavy atom. The number of rotatable bonds is 0. The quantitative estimate of drug-likeness (QED) is 0.502. The molecular weight excluding hydrogens is 126 g/mol. The van der Waals surface area contributed by atoms with Gasteiger partial charge in [0.15, 0.2) is 0 Å². The van der Waals surface area contributed by atoms with Gasteiger partial charge in [0, 0.05) is 6.54 Å². The van der Waals surface area contributed by atoms with Crippen LogP contribution in [0.15, 0.2) is 12.3 Å². The van der Waals surface area contributed by atoms with Crippen molar-refractivity contribution in [1.29, 1.82) is 0 Å². The van der Waals surface area contributed by atoms with Crippen LogP contribution in [0.5, 0.6) is 0 Å². The molecule has 0 spiro atoms. The molecule has 1 saturated heterocycles. The van der Waals surface area contributed by atoms with Crippen molar-refractivity contribution in [2.24, 2.45) is 0 Å². The Hall–Kier alpha value is -0.500. The molecule has 2 rings (SSSR count). The fourth-order valence-corrected chi connectivity index (χ4v) is 1.57. The van der Waals surface area contributed by atoms with Crippen LogP contribution in [0.2, 0.25) is 0 Å². The third-order valence-corrected chi connectivity index (χ3v) is 2.12. The second-order valence-corrected chi connectivity index (χ2v) is 2.88. The SMILES string of the molecule is C1=CN2CCCOC2CC1. The number of ether oxygens (including phenoxy) is 1. The number of nitrogens with zero attached hydrogens (tertiary/aromatic N) is 1. The zero-order valence-corrected chi connectivity index (χ0v) is 6.12. The summed E-state index contributed by atoms with van der Waals surface area (Å²) < 4.78 is 5.56. The summed E-state index contributed by atoms with van der Waals surface area (Å²) in [6, 6.07) is 0. The van der Waals surface area contributed by atoms with E-state index in [4.69, 9.17) is 4.74 Å². The maximum absolute atomic E-state index is 5.56. The fraction of sp³-hybridized carbons (Fsp3) is 0.750. The van der Waals surface area contributed by atoms with Crippen LogP contribution in [-0.2, 0) is 4.74 Å². The monoisotopic (exact) mass is 139 g/mol. The average molecular weight is 139 g/mol. The summed E-state index contributed by atoms with van der Waals surface area (Å²) >= 11 is 0. The summed E-state index contributed by atoms with van der Waals surface area (Å²) in [5.74, 6) is 0. The fourth-order valence-electron chi connectivity index (χ4n) is 1.57. The first-order valence-corrected chi connectivity index (χ1v) is 4.01. The molecule has 0 amide bonds. The van der Waals surface area contributed by atoms with E-state index in [1.807, 2.05) is 0 Å². The molecule has 0 aromatic carbocycles. The van der Waals surface area contributed by atoms with Crippen LogP contribution in [0.1, 0.15) is 19.3 Å². The maximum Gasteiger partial charge on any atom is 0.129 e. The Morgan fingerprint density at radius 3 is 3.40 bits per heavy atom. The Kier molecular flexibility index (Phi) is 1.63. The Bertz CT molecular complexity index is 144. The van der Waals surface area contributed by atoms with Gasteiger partial charge >= 0.3 is 0 Å². The topological polar surface area (TPSA) is 12.5 Å². The smallest absolute Gasteiger partial charge is 0.129 e. The van der Waals surface area contributed by atoms with Crippen LogP contribution in [0.3, 0.4) is 0 Å². The van der Waals surface area contributed by atoms with Crippen molar-refractivity contribution >= 4 is 0 Å². The first-order valence-electron chi connectivity index (χ1n) is 4.01. The van der Waals surface area contributed by atoms with E-state index in [2.05, 4.69) is 17.2 Å². The molecule has 0 aromatic heterocycles. The van der Waals surface area contributed by atoms with Gasteiger partial charge in [-0.25, -0.2) is 0 Å². The molecule has 2 nitrogen and oxygen atoms in total. The van der Waals surface area contributed by atoms with E-state index >= 15 is 0 Å². The lowest BCUT2D eigenvalue weighted by atomic mass is 10.1. The lowest BCUT2D eigenvalue weighted by Crippen LogP contribution is -2.40. The summed E-state index contributed by atoms with van der Waals surface area (Å²) in [5.41, 5.74) is 0. The van der Waals surface area contributed by atoms with Crippen molar-refractivity contribution in [2.45, 2.75) is 25.5 Å². The molecule has 0 aromatic rings.